The van der Waals surface area contributed by atoms with Crippen molar-refractivity contribution in [3.63, 3.8) is 0 Å². The molecule has 1 aromatic carbocycles. The zero-order valence-electron chi connectivity index (χ0n) is 12.6. The number of rotatable bonds is 4. The highest BCUT2D eigenvalue weighted by molar-refractivity contribution is 5.88. The van der Waals surface area contributed by atoms with Gasteiger partial charge in [-0.25, -0.2) is 9.78 Å². The van der Waals surface area contributed by atoms with Crippen LogP contribution in [-0.4, -0.2) is 17.6 Å². The van der Waals surface area contributed by atoms with Crippen molar-refractivity contribution in [1.29, 1.82) is 0 Å². The van der Waals surface area contributed by atoms with E-state index in [9.17, 15) is 4.79 Å². The van der Waals surface area contributed by atoms with Crippen LogP contribution in [0.5, 0.6) is 0 Å². The van der Waals surface area contributed by atoms with Crippen molar-refractivity contribution < 1.29 is 13.9 Å². The first kappa shape index (κ1) is 13.9. The van der Waals surface area contributed by atoms with Gasteiger partial charge in [0, 0.05) is 11.5 Å². The first-order chi connectivity index (χ1) is 10.1. The lowest BCUT2D eigenvalue weighted by molar-refractivity contribution is 0.0489. The molecule has 1 saturated carbocycles. The number of ether oxygens (including phenoxy) is 1. The quantitative estimate of drug-likeness (QED) is 0.796. The van der Waals surface area contributed by atoms with Crippen LogP contribution in [0, 0.1) is 13.8 Å². The summed E-state index contributed by atoms with van der Waals surface area (Å²) >= 11 is 0. The van der Waals surface area contributed by atoms with E-state index in [4.69, 9.17) is 9.15 Å². The summed E-state index contributed by atoms with van der Waals surface area (Å²) in [5, 5.41) is 0. The van der Waals surface area contributed by atoms with Gasteiger partial charge in [0.25, 0.3) is 0 Å². The molecule has 21 heavy (non-hydrogen) atoms. The summed E-state index contributed by atoms with van der Waals surface area (Å²) in [4.78, 5) is 16.6. The number of aromatic nitrogens is 1. The van der Waals surface area contributed by atoms with Gasteiger partial charge >= 0.3 is 5.97 Å². The molecule has 4 nitrogen and oxygen atoms in total. The number of carbonyl (C=O) groups is 1. The minimum absolute atomic E-state index is 0.271. The highest BCUT2D eigenvalue weighted by atomic mass is 16.5. The van der Waals surface area contributed by atoms with Gasteiger partial charge < -0.3 is 9.15 Å². The van der Waals surface area contributed by atoms with Crippen LogP contribution < -0.4 is 0 Å². The van der Waals surface area contributed by atoms with E-state index in [1.54, 1.807) is 6.92 Å². The molecule has 1 aromatic heterocycles. The van der Waals surface area contributed by atoms with E-state index in [-0.39, 0.29) is 5.76 Å². The molecule has 0 unspecified atom stereocenters. The Labute approximate surface area is 124 Å². The Bertz CT molecular complexity index is 683. The molecular weight excluding hydrogens is 266 g/mol. The third-order valence-corrected chi connectivity index (χ3v) is 3.83. The first-order valence-electron chi connectivity index (χ1n) is 7.35. The molecule has 0 aliphatic heterocycles. The SMILES string of the molecule is CCOC(=O)c1oc(-c2ccc(C)c(C)c2)nc1C1CC1. The molecule has 1 heterocycles. The van der Waals surface area contributed by atoms with Gasteiger partial charge in [0.1, 0.15) is 0 Å². The average Bonchev–Trinajstić information content (AvgIpc) is 3.21. The normalized spacial score (nSPS) is 14.2. The number of aryl methyl sites for hydroxylation is 2. The molecule has 0 spiro atoms. The molecule has 0 amide bonds. The highest BCUT2D eigenvalue weighted by Crippen LogP contribution is 2.42. The van der Waals surface area contributed by atoms with Crippen LogP contribution in [0.15, 0.2) is 22.6 Å². The van der Waals surface area contributed by atoms with Crippen LogP contribution in [0.25, 0.3) is 11.5 Å². The summed E-state index contributed by atoms with van der Waals surface area (Å²) < 4.78 is 10.8. The summed E-state index contributed by atoms with van der Waals surface area (Å²) in [5.41, 5.74) is 4.05. The van der Waals surface area contributed by atoms with Gasteiger partial charge in [0.05, 0.1) is 12.3 Å². The number of oxazole rings is 1. The molecule has 3 rings (SSSR count). The highest BCUT2D eigenvalue weighted by Gasteiger charge is 2.34. The van der Waals surface area contributed by atoms with Gasteiger partial charge in [-0.05, 0) is 56.9 Å². The van der Waals surface area contributed by atoms with Crippen molar-refractivity contribution in [3.8, 4) is 11.5 Å². The third-order valence-electron chi connectivity index (χ3n) is 3.83. The van der Waals surface area contributed by atoms with Gasteiger partial charge in [-0.2, -0.15) is 0 Å². The Morgan fingerprint density at radius 2 is 2.10 bits per heavy atom. The van der Waals surface area contributed by atoms with Crippen LogP contribution in [-0.2, 0) is 4.74 Å². The number of benzene rings is 1. The van der Waals surface area contributed by atoms with Gasteiger partial charge in [0.2, 0.25) is 11.7 Å². The molecule has 1 fully saturated rings. The number of esters is 1. The number of nitrogens with zero attached hydrogens (tertiary/aromatic N) is 1. The molecule has 0 N–H and O–H groups in total. The predicted molar refractivity (Wildman–Crippen MR) is 79.3 cm³/mol. The Morgan fingerprint density at radius 1 is 1.33 bits per heavy atom. The fraction of sp³-hybridized carbons (Fsp3) is 0.412. The Balaban J connectivity index is 2.01. The fourth-order valence-corrected chi connectivity index (χ4v) is 2.31. The predicted octanol–water partition coefficient (Wildman–Crippen LogP) is 4.01. The largest absolute Gasteiger partial charge is 0.460 e. The minimum Gasteiger partial charge on any atom is -0.460 e. The van der Waals surface area contributed by atoms with E-state index in [0.29, 0.717) is 18.4 Å². The minimum atomic E-state index is -0.415. The summed E-state index contributed by atoms with van der Waals surface area (Å²) in [6, 6.07) is 6.04. The van der Waals surface area contributed by atoms with Gasteiger partial charge in [-0.15, -0.1) is 0 Å². The molecule has 0 bridgehead atoms. The van der Waals surface area contributed by atoms with E-state index in [2.05, 4.69) is 18.8 Å². The van der Waals surface area contributed by atoms with Crippen LogP contribution in [0.4, 0.5) is 0 Å². The number of carbonyl (C=O) groups excluding carboxylic acids is 1. The van der Waals surface area contributed by atoms with E-state index in [1.807, 2.05) is 18.2 Å². The molecule has 1 aliphatic rings. The monoisotopic (exact) mass is 285 g/mol. The topological polar surface area (TPSA) is 52.3 Å². The lowest BCUT2D eigenvalue weighted by atomic mass is 10.1. The molecular formula is C17H19NO3. The van der Waals surface area contributed by atoms with Crippen molar-refractivity contribution in [2.75, 3.05) is 6.61 Å². The van der Waals surface area contributed by atoms with Gasteiger partial charge in [0.15, 0.2) is 0 Å². The molecule has 0 radical (unpaired) electrons. The second-order valence-electron chi connectivity index (χ2n) is 5.53. The van der Waals surface area contributed by atoms with Crippen molar-refractivity contribution in [3.05, 3.63) is 40.8 Å². The lowest BCUT2D eigenvalue weighted by Crippen LogP contribution is -2.05. The molecule has 0 atom stereocenters. The maximum Gasteiger partial charge on any atom is 0.376 e. The standard InChI is InChI=1S/C17H19NO3/c1-4-20-17(19)15-14(12-7-8-12)18-16(21-15)13-6-5-10(2)11(3)9-13/h5-6,9,12H,4,7-8H2,1-3H3. The van der Waals surface area contributed by atoms with Crippen molar-refractivity contribution in [1.82, 2.24) is 4.98 Å². The zero-order valence-corrected chi connectivity index (χ0v) is 12.6. The summed E-state index contributed by atoms with van der Waals surface area (Å²) in [5.74, 6) is 0.700. The zero-order chi connectivity index (χ0) is 15.0. The lowest BCUT2D eigenvalue weighted by Gasteiger charge is -2.01. The Hall–Kier alpha value is -2.10. The van der Waals surface area contributed by atoms with E-state index in [0.717, 1.165) is 24.1 Å². The van der Waals surface area contributed by atoms with Gasteiger partial charge in [-0.1, -0.05) is 6.07 Å². The summed E-state index contributed by atoms with van der Waals surface area (Å²) in [6.45, 7) is 6.24. The third kappa shape index (κ3) is 2.71. The van der Waals surface area contributed by atoms with Crippen molar-refractivity contribution >= 4 is 5.97 Å². The van der Waals surface area contributed by atoms with Gasteiger partial charge in [-0.3, -0.25) is 0 Å². The average molecular weight is 285 g/mol. The molecule has 1 aliphatic carbocycles. The van der Waals surface area contributed by atoms with E-state index >= 15 is 0 Å². The molecule has 4 heteroatoms. The van der Waals surface area contributed by atoms with Crippen molar-refractivity contribution in [2.24, 2.45) is 0 Å². The maximum atomic E-state index is 12.0. The molecule has 110 valence electrons. The first-order valence-corrected chi connectivity index (χ1v) is 7.35. The Morgan fingerprint density at radius 3 is 2.71 bits per heavy atom. The maximum absolute atomic E-state index is 12.0. The number of hydrogen-bond donors (Lipinski definition) is 0. The van der Waals surface area contributed by atoms with Crippen LogP contribution >= 0.6 is 0 Å². The second kappa shape index (κ2) is 5.35. The second-order valence-corrected chi connectivity index (χ2v) is 5.53. The van der Waals surface area contributed by atoms with Crippen LogP contribution in [0.1, 0.15) is 53.1 Å². The van der Waals surface area contributed by atoms with Crippen LogP contribution in [0.3, 0.4) is 0 Å². The molecule has 0 saturated heterocycles. The summed E-state index contributed by atoms with van der Waals surface area (Å²) in [6.07, 6.45) is 2.12. The van der Waals surface area contributed by atoms with Crippen LogP contribution in [0.2, 0.25) is 0 Å². The fourth-order valence-electron chi connectivity index (χ4n) is 2.31. The van der Waals surface area contributed by atoms with Crippen molar-refractivity contribution in [2.45, 2.75) is 39.5 Å². The Kier molecular flexibility index (Phi) is 3.53. The molecule has 2 aromatic rings. The number of hydrogen-bond acceptors (Lipinski definition) is 4. The summed E-state index contributed by atoms with van der Waals surface area (Å²) in [7, 11) is 0. The smallest absolute Gasteiger partial charge is 0.376 e. The van der Waals surface area contributed by atoms with E-state index < -0.39 is 5.97 Å². The van der Waals surface area contributed by atoms with E-state index in [1.165, 1.54) is 11.1 Å².